The van der Waals surface area contributed by atoms with E-state index in [4.69, 9.17) is 0 Å². The topological polar surface area (TPSA) is 55.1 Å². The zero-order valence-corrected chi connectivity index (χ0v) is 7.54. The fraction of sp³-hybridized carbons (Fsp3) is 0.556. The van der Waals surface area contributed by atoms with Gasteiger partial charge in [0, 0.05) is 11.6 Å². The highest BCUT2D eigenvalue weighted by Gasteiger charge is 2.33. The number of amides is 1. The van der Waals surface area contributed by atoms with Crippen molar-refractivity contribution < 1.29 is 9.32 Å². The van der Waals surface area contributed by atoms with Crippen LogP contribution in [-0.2, 0) is 0 Å². The van der Waals surface area contributed by atoms with E-state index in [-0.39, 0.29) is 11.4 Å². The van der Waals surface area contributed by atoms with Crippen LogP contribution in [0.25, 0.3) is 0 Å². The quantitative estimate of drug-likeness (QED) is 0.747. The van der Waals surface area contributed by atoms with Crippen molar-refractivity contribution in [2.24, 2.45) is 0 Å². The van der Waals surface area contributed by atoms with Gasteiger partial charge in [0.25, 0.3) is 5.91 Å². The number of nitrogens with one attached hydrogen (secondary N) is 1. The van der Waals surface area contributed by atoms with Crippen LogP contribution in [0.1, 0.15) is 36.7 Å². The number of carbonyl (C=O) groups excluding carboxylic acids is 1. The fourth-order valence-electron chi connectivity index (χ4n) is 1.50. The Morgan fingerprint density at radius 1 is 1.69 bits per heavy atom. The highest BCUT2D eigenvalue weighted by atomic mass is 16.5. The van der Waals surface area contributed by atoms with Gasteiger partial charge in [0.05, 0.1) is 0 Å². The SMILES string of the molecule is CC1(NC(=O)c2ccon2)CCC1. The van der Waals surface area contributed by atoms with Crippen LogP contribution in [0, 0.1) is 0 Å². The van der Waals surface area contributed by atoms with Crippen LogP contribution in [0.4, 0.5) is 0 Å². The van der Waals surface area contributed by atoms with Crippen LogP contribution in [0.5, 0.6) is 0 Å². The first-order chi connectivity index (χ1) is 6.20. The minimum Gasteiger partial charge on any atom is -0.364 e. The van der Waals surface area contributed by atoms with Gasteiger partial charge >= 0.3 is 0 Å². The third kappa shape index (κ3) is 1.56. The molecule has 1 heterocycles. The van der Waals surface area contributed by atoms with Gasteiger partial charge in [-0.3, -0.25) is 4.79 Å². The molecule has 0 atom stereocenters. The fourth-order valence-corrected chi connectivity index (χ4v) is 1.50. The van der Waals surface area contributed by atoms with Crippen molar-refractivity contribution in [2.45, 2.75) is 31.7 Å². The van der Waals surface area contributed by atoms with Crippen molar-refractivity contribution in [3.8, 4) is 0 Å². The molecule has 0 aliphatic heterocycles. The molecule has 0 radical (unpaired) electrons. The van der Waals surface area contributed by atoms with Gasteiger partial charge in [0.15, 0.2) is 5.69 Å². The van der Waals surface area contributed by atoms with Crippen LogP contribution < -0.4 is 5.32 Å². The van der Waals surface area contributed by atoms with Crippen molar-refractivity contribution in [3.63, 3.8) is 0 Å². The van der Waals surface area contributed by atoms with Gasteiger partial charge in [-0.25, -0.2) is 0 Å². The van der Waals surface area contributed by atoms with E-state index in [1.54, 1.807) is 6.07 Å². The third-order valence-corrected chi connectivity index (χ3v) is 2.54. The molecule has 70 valence electrons. The van der Waals surface area contributed by atoms with Crippen molar-refractivity contribution in [1.29, 1.82) is 0 Å². The number of hydrogen-bond donors (Lipinski definition) is 1. The zero-order chi connectivity index (χ0) is 9.31. The second-order valence-corrected chi connectivity index (χ2v) is 3.75. The summed E-state index contributed by atoms with van der Waals surface area (Å²) in [5, 5.41) is 6.51. The molecule has 2 rings (SSSR count). The maximum absolute atomic E-state index is 11.5. The van der Waals surface area contributed by atoms with Crippen molar-refractivity contribution in [2.75, 3.05) is 0 Å². The second-order valence-electron chi connectivity index (χ2n) is 3.75. The number of rotatable bonds is 2. The predicted molar refractivity (Wildman–Crippen MR) is 46.2 cm³/mol. The smallest absolute Gasteiger partial charge is 0.273 e. The first-order valence-electron chi connectivity index (χ1n) is 4.43. The molecule has 4 heteroatoms. The lowest BCUT2D eigenvalue weighted by molar-refractivity contribution is 0.0841. The maximum atomic E-state index is 11.5. The molecule has 13 heavy (non-hydrogen) atoms. The Morgan fingerprint density at radius 2 is 2.46 bits per heavy atom. The average molecular weight is 180 g/mol. The number of carbonyl (C=O) groups is 1. The Kier molecular flexibility index (Phi) is 1.83. The van der Waals surface area contributed by atoms with Crippen LogP contribution >= 0.6 is 0 Å². The average Bonchev–Trinajstić information content (AvgIpc) is 2.53. The molecule has 1 aromatic rings. The van der Waals surface area contributed by atoms with Crippen LogP contribution in [0.15, 0.2) is 16.9 Å². The van der Waals surface area contributed by atoms with Crippen molar-refractivity contribution in [3.05, 3.63) is 18.0 Å². The summed E-state index contributed by atoms with van der Waals surface area (Å²) >= 11 is 0. The number of nitrogens with zero attached hydrogens (tertiary/aromatic N) is 1. The highest BCUT2D eigenvalue weighted by molar-refractivity contribution is 5.92. The summed E-state index contributed by atoms with van der Waals surface area (Å²) in [7, 11) is 0. The lowest BCUT2D eigenvalue weighted by Gasteiger charge is -2.38. The summed E-state index contributed by atoms with van der Waals surface area (Å²) in [6, 6.07) is 1.57. The molecule has 1 aliphatic rings. The molecule has 0 unspecified atom stereocenters. The standard InChI is InChI=1S/C9H12N2O2/c1-9(4-2-5-9)10-8(12)7-3-6-13-11-7/h3,6H,2,4-5H2,1H3,(H,10,12). The van der Waals surface area contributed by atoms with Gasteiger partial charge in [-0.2, -0.15) is 0 Å². The lowest BCUT2D eigenvalue weighted by Crippen LogP contribution is -2.51. The van der Waals surface area contributed by atoms with E-state index in [1.807, 2.05) is 0 Å². The second kappa shape index (κ2) is 2.87. The maximum Gasteiger partial charge on any atom is 0.273 e. The monoisotopic (exact) mass is 180 g/mol. The molecule has 0 spiro atoms. The van der Waals surface area contributed by atoms with E-state index in [9.17, 15) is 4.79 Å². The normalized spacial score (nSPS) is 19.2. The highest BCUT2D eigenvalue weighted by Crippen LogP contribution is 2.30. The minimum atomic E-state index is -0.143. The summed E-state index contributed by atoms with van der Waals surface area (Å²) in [5.41, 5.74) is 0.337. The van der Waals surface area contributed by atoms with Crippen LogP contribution in [0.2, 0.25) is 0 Å². The Bertz CT molecular complexity index is 301. The zero-order valence-electron chi connectivity index (χ0n) is 7.54. The summed E-state index contributed by atoms with van der Waals surface area (Å²) in [6.07, 6.45) is 4.70. The summed E-state index contributed by atoms with van der Waals surface area (Å²) in [5.74, 6) is -0.143. The molecular weight excluding hydrogens is 168 g/mol. The first-order valence-corrected chi connectivity index (χ1v) is 4.43. The van der Waals surface area contributed by atoms with E-state index in [0.29, 0.717) is 5.69 Å². The van der Waals surface area contributed by atoms with Crippen LogP contribution in [0.3, 0.4) is 0 Å². The first kappa shape index (κ1) is 8.29. The minimum absolute atomic E-state index is 0.0178. The molecule has 0 aromatic carbocycles. The molecule has 1 aliphatic carbocycles. The van der Waals surface area contributed by atoms with Gasteiger partial charge in [-0.05, 0) is 26.2 Å². The Balaban J connectivity index is 1.99. The molecule has 1 N–H and O–H groups in total. The molecule has 1 aromatic heterocycles. The van der Waals surface area contributed by atoms with Gasteiger partial charge < -0.3 is 9.84 Å². The largest absolute Gasteiger partial charge is 0.364 e. The number of aromatic nitrogens is 1. The Morgan fingerprint density at radius 3 is 2.92 bits per heavy atom. The van der Waals surface area contributed by atoms with Crippen molar-refractivity contribution >= 4 is 5.91 Å². The predicted octanol–water partition coefficient (Wildman–Crippen LogP) is 1.35. The van der Waals surface area contributed by atoms with Gasteiger partial charge in [-0.15, -0.1) is 0 Å². The Labute approximate surface area is 76.3 Å². The number of hydrogen-bond acceptors (Lipinski definition) is 3. The van der Waals surface area contributed by atoms with Crippen LogP contribution in [-0.4, -0.2) is 16.6 Å². The summed E-state index contributed by atoms with van der Waals surface area (Å²) < 4.78 is 4.59. The van der Waals surface area contributed by atoms with E-state index >= 15 is 0 Å². The molecular formula is C9H12N2O2. The van der Waals surface area contributed by atoms with E-state index in [1.165, 1.54) is 12.7 Å². The molecule has 0 saturated heterocycles. The van der Waals surface area contributed by atoms with Gasteiger partial charge in [0.2, 0.25) is 0 Å². The molecule has 1 saturated carbocycles. The van der Waals surface area contributed by atoms with E-state index in [2.05, 4.69) is 21.9 Å². The molecule has 0 bridgehead atoms. The van der Waals surface area contributed by atoms with Gasteiger partial charge in [0.1, 0.15) is 6.26 Å². The van der Waals surface area contributed by atoms with Crippen molar-refractivity contribution in [1.82, 2.24) is 10.5 Å². The summed E-state index contributed by atoms with van der Waals surface area (Å²) in [4.78, 5) is 11.5. The summed E-state index contributed by atoms with van der Waals surface area (Å²) in [6.45, 7) is 2.05. The lowest BCUT2D eigenvalue weighted by atomic mass is 9.78. The van der Waals surface area contributed by atoms with Gasteiger partial charge in [-0.1, -0.05) is 5.16 Å². The molecule has 1 fully saturated rings. The Hall–Kier alpha value is -1.32. The molecule has 1 amide bonds. The van der Waals surface area contributed by atoms with E-state index in [0.717, 1.165) is 12.8 Å². The third-order valence-electron chi connectivity index (χ3n) is 2.54. The molecule has 4 nitrogen and oxygen atoms in total. The van der Waals surface area contributed by atoms with E-state index < -0.39 is 0 Å².